The van der Waals surface area contributed by atoms with Gasteiger partial charge in [-0.2, -0.15) is 4.57 Å². The number of rotatable bonds is 6. The molecule has 2 nitrogen and oxygen atoms in total. The molecule has 6 aromatic rings. The molecule has 6 rings (SSSR count). The lowest BCUT2D eigenvalue weighted by molar-refractivity contribution is -0.700. The fourth-order valence-corrected chi connectivity index (χ4v) is 6.87. The third kappa shape index (κ3) is 7.25. The molecule has 0 amide bonds. The maximum atomic E-state index is 15.4. The Morgan fingerprint density at radius 3 is 0.900 bits per heavy atom. The highest BCUT2D eigenvalue weighted by atomic mass is 79.9. The Labute approximate surface area is 336 Å². The number of hydrogen-bond acceptors (Lipinski definition) is 1. The molecule has 1 heterocycles. The second kappa shape index (κ2) is 17.0. The van der Waals surface area contributed by atoms with Gasteiger partial charge in [-0.05, 0) is 15.9 Å². The van der Waals surface area contributed by atoms with Gasteiger partial charge >= 0.3 is 0 Å². The molecule has 316 valence electrons. The fraction of sp³-hybridized carbons (Fsp3) is 0.0286. The van der Waals surface area contributed by atoms with Crippen molar-refractivity contribution in [2.45, 2.75) is 6.54 Å². The van der Waals surface area contributed by atoms with Crippen molar-refractivity contribution < 1.29 is 92.4 Å². The fourth-order valence-electron chi connectivity index (χ4n) is 6.19. The molecule has 0 aliphatic rings. The van der Waals surface area contributed by atoms with Crippen molar-refractivity contribution in [2.24, 2.45) is 0 Å². The predicted molar refractivity (Wildman–Crippen MR) is 175 cm³/mol. The topological polar surface area (TPSA) is 16.8 Å². The zero-order valence-electron chi connectivity index (χ0n) is 28.0. The van der Waals surface area contributed by atoms with E-state index in [-0.39, 0.29) is 0 Å². The molecule has 0 aliphatic heterocycles. The van der Waals surface area contributed by atoms with E-state index in [1.54, 1.807) is 6.20 Å². The van der Waals surface area contributed by atoms with Crippen LogP contribution in [0.5, 0.6) is 0 Å². The first-order valence-electron chi connectivity index (χ1n) is 15.4. The molecule has 25 heteroatoms. The summed E-state index contributed by atoms with van der Waals surface area (Å²) in [6.07, 6.45) is -3.48. The van der Waals surface area contributed by atoms with Gasteiger partial charge in [-0.15, -0.1) is 21.9 Å². The van der Waals surface area contributed by atoms with Crippen molar-refractivity contribution in [3.05, 3.63) is 174 Å². The first kappa shape index (κ1) is 45.9. The summed E-state index contributed by atoms with van der Waals surface area (Å²) in [7, 11) is 0. The summed E-state index contributed by atoms with van der Waals surface area (Å²) in [5.41, 5.74) is -13.1. The molecule has 1 aromatic heterocycles. The number of aromatic nitrogens is 2. The van der Waals surface area contributed by atoms with Crippen molar-refractivity contribution in [3.8, 4) is 0 Å². The van der Waals surface area contributed by atoms with Crippen LogP contribution in [0, 0.1) is 116 Å². The van der Waals surface area contributed by atoms with Gasteiger partial charge in [0.1, 0.15) is 58.9 Å². The van der Waals surface area contributed by atoms with E-state index >= 15 is 35.1 Å². The van der Waals surface area contributed by atoms with Crippen LogP contribution < -0.4 is 26.4 Å². The van der Waals surface area contributed by atoms with E-state index in [0.717, 1.165) is 15.8 Å². The van der Waals surface area contributed by atoms with Gasteiger partial charge in [0, 0.05) is 21.5 Å². The molecule has 0 fully saturated rings. The molecule has 0 radical (unpaired) electrons. The second-order valence-electron chi connectivity index (χ2n) is 11.9. The zero-order chi connectivity index (χ0) is 45.0. The highest BCUT2D eigenvalue weighted by molar-refractivity contribution is 9.10. The van der Waals surface area contributed by atoms with Gasteiger partial charge in [-0.1, -0.05) is 30.3 Å². The van der Waals surface area contributed by atoms with Gasteiger partial charge in [0.15, 0.2) is 81.0 Å². The van der Waals surface area contributed by atoms with Gasteiger partial charge in [0.2, 0.25) is 6.20 Å². The van der Waals surface area contributed by atoms with E-state index in [2.05, 4.69) is 53.5 Å². The molecule has 0 aliphatic carbocycles. The molecule has 5 aromatic carbocycles. The Morgan fingerprint density at radius 1 is 0.383 bits per heavy atom. The van der Waals surface area contributed by atoms with E-state index in [9.17, 15) is 52.7 Å². The van der Waals surface area contributed by atoms with Gasteiger partial charge in [0.25, 0.3) is 4.60 Å². The lowest BCUT2D eigenvalue weighted by Crippen LogP contribution is -2.81. The normalized spacial score (nSPS) is 11.6. The van der Waals surface area contributed by atoms with Crippen LogP contribution in [0.4, 0.5) is 87.8 Å². The number of benzene rings is 5. The Kier molecular flexibility index (Phi) is 13.0. The lowest BCUT2D eigenvalue weighted by atomic mass is 9.12. The van der Waals surface area contributed by atoms with E-state index in [1.165, 1.54) is 5.56 Å². The van der Waals surface area contributed by atoms with Gasteiger partial charge < -0.3 is 0 Å². The Hall–Kier alpha value is -5.20. The molecule has 0 saturated carbocycles. The van der Waals surface area contributed by atoms with Crippen LogP contribution in [0.3, 0.4) is 0 Å². The minimum Gasteiger partial charge on any atom is -0.236 e. The third-order valence-electron chi connectivity index (χ3n) is 8.73. The van der Waals surface area contributed by atoms with Crippen molar-refractivity contribution >= 4 is 59.9 Å². The van der Waals surface area contributed by atoms with E-state index in [0.29, 0.717) is 0 Å². The second-order valence-corrected chi connectivity index (χ2v) is 13.6. The molecule has 0 spiro atoms. The molecule has 0 bridgehead atoms. The summed E-state index contributed by atoms with van der Waals surface area (Å²) in [6, 6.07) is 10.3. The number of nitrogens with zero attached hydrogens (tertiary/aromatic N) is 2. The third-order valence-corrected chi connectivity index (χ3v) is 9.80. The van der Waals surface area contributed by atoms with E-state index in [1.807, 2.05) is 24.4 Å². The highest BCUT2D eigenvalue weighted by Crippen LogP contribution is 2.30. The van der Waals surface area contributed by atoms with Crippen LogP contribution in [0.1, 0.15) is 5.56 Å². The molecule has 0 unspecified atom stereocenters. The van der Waals surface area contributed by atoms with E-state index in [4.69, 9.17) is 0 Å². The predicted octanol–water partition coefficient (Wildman–Crippen LogP) is 8.79. The van der Waals surface area contributed by atoms with Crippen molar-refractivity contribution in [1.29, 1.82) is 0 Å². The summed E-state index contributed by atoms with van der Waals surface area (Å²) in [5, 5.41) is 0. The van der Waals surface area contributed by atoms with Crippen LogP contribution in [-0.4, -0.2) is 11.1 Å². The van der Waals surface area contributed by atoms with Crippen LogP contribution in [-0.2, 0) is 6.54 Å². The molecule has 60 heavy (non-hydrogen) atoms. The van der Waals surface area contributed by atoms with Crippen molar-refractivity contribution in [2.75, 3.05) is 0 Å². The summed E-state index contributed by atoms with van der Waals surface area (Å²) in [6.45, 7) is 0.836. The summed E-state index contributed by atoms with van der Waals surface area (Å²) < 4.78 is 298. The van der Waals surface area contributed by atoms with Gasteiger partial charge in [-0.25, -0.2) is 92.8 Å². The quantitative estimate of drug-likeness (QED) is 0.0537. The summed E-state index contributed by atoms with van der Waals surface area (Å²) in [5.74, 6) is -71.4. The average Bonchev–Trinajstić information content (AvgIpc) is 3.22. The maximum Gasteiger partial charge on any atom is 0.266 e. The smallest absolute Gasteiger partial charge is 0.236 e. The average molecular weight is 1010 g/mol. The van der Waals surface area contributed by atoms with Crippen LogP contribution in [0.2, 0.25) is 0 Å². The largest absolute Gasteiger partial charge is 0.266 e. The molecule has 0 N–H and O–H groups in total. The van der Waals surface area contributed by atoms with Crippen molar-refractivity contribution in [3.63, 3.8) is 0 Å². The lowest BCUT2D eigenvalue weighted by Gasteiger charge is -2.44. The number of halogens is 22. The van der Waals surface area contributed by atoms with Crippen molar-refractivity contribution in [1.82, 2.24) is 4.98 Å². The first-order valence-corrected chi connectivity index (χ1v) is 17.0. The standard InChI is InChI=1S/C24BF20.C11H9Br2N2/c26-5-1(6(27)14(35)21(42)13(5)34)25(2-7(28)15(36)22(43)16(37)8(2)29,3-9(30)17(38)23(44)18(39)10(3)31)4-11(32)19(40)24(45)20(41)12(4)33;12-10-8-15(11(13)6-14-10)7-9-4-2-1-3-5-9/h;1-6,8H,7H2/q-1;+1. The SMILES string of the molecule is Brc1c[n+](Cc2ccccc2)c(Br)cn1.Fc1c(F)c(F)c([B-](c2c(F)c(F)c(F)c(F)c2F)(c2c(F)c(F)c(F)c(F)c2F)c2c(F)c(F)c(F)c(F)c2F)c(F)c1F. The minimum absolute atomic E-state index is 0.835. The first-order chi connectivity index (χ1) is 28.0. The minimum atomic E-state index is -7.22. The Bertz CT molecular complexity index is 2340. The van der Waals surface area contributed by atoms with Crippen LogP contribution >= 0.6 is 31.9 Å². The molecular formula is C35H9BBr2F20N2. The molecular weight excluding hydrogens is 999 g/mol. The molecule has 0 atom stereocenters. The van der Waals surface area contributed by atoms with Gasteiger partial charge in [0.05, 0.1) is 0 Å². The summed E-state index contributed by atoms with van der Waals surface area (Å²) in [4.78, 5) is 4.13. The zero-order valence-corrected chi connectivity index (χ0v) is 31.2. The number of hydrogen-bond donors (Lipinski definition) is 0. The van der Waals surface area contributed by atoms with Crippen LogP contribution in [0.25, 0.3) is 0 Å². The molecule has 0 saturated heterocycles. The Morgan fingerprint density at radius 2 is 0.633 bits per heavy atom. The monoisotopic (exact) mass is 1010 g/mol. The summed E-state index contributed by atoms with van der Waals surface area (Å²) >= 11 is 6.82. The van der Waals surface area contributed by atoms with Crippen LogP contribution in [0.15, 0.2) is 51.9 Å². The van der Waals surface area contributed by atoms with E-state index < -0.39 is 144 Å². The highest BCUT2D eigenvalue weighted by Gasteiger charge is 2.52. The Balaban J connectivity index is 0.000000379. The maximum absolute atomic E-state index is 15.4. The van der Waals surface area contributed by atoms with Gasteiger partial charge in [-0.3, -0.25) is 0 Å².